The largest absolute Gasteiger partial charge is 0.490 e. The minimum Gasteiger partial charge on any atom is -0.490 e. The first kappa shape index (κ1) is 27.4. The van der Waals surface area contributed by atoms with Crippen molar-refractivity contribution in [2.24, 2.45) is 5.10 Å². The standard InChI is InChI=1S/C33H26N4O6/c1-3-41-29-17-23(16-27(37(39)40)31(29)42-20-22-10-8-9-21(2)15-22)19-34-36-32(30-18-24-11-4-7-14-28(24)43-30)35-26-13-6-5-12-25(26)33(36)38/h4-19H,3,20H2,1-2H3. The minimum atomic E-state index is -0.533. The van der Waals surface area contributed by atoms with Crippen LogP contribution >= 0.6 is 0 Å². The van der Waals surface area contributed by atoms with E-state index < -0.39 is 10.5 Å². The molecule has 0 bridgehead atoms. The Balaban J connectivity index is 1.44. The predicted molar refractivity (Wildman–Crippen MR) is 164 cm³/mol. The normalized spacial score (nSPS) is 11.4. The number of nitro benzene ring substituents is 1. The Morgan fingerprint density at radius 2 is 1.81 bits per heavy atom. The number of furan rings is 1. The summed E-state index contributed by atoms with van der Waals surface area (Å²) in [5.74, 6) is 0.737. The molecule has 0 N–H and O–H groups in total. The van der Waals surface area contributed by atoms with Gasteiger partial charge in [-0.05, 0) is 49.7 Å². The fraction of sp³-hybridized carbons (Fsp3) is 0.121. The van der Waals surface area contributed by atoms with Crippen molar-refractivity contribution in [3.63, 3.8) is 0 Å². The third kappa shape index (κ3) is 5.58. The second-order valence-electron chi connectivity index (χ2n) is 9.80. The first-order chi connectivity index (χ1) is 20.9. The summed E-state index contributed by atoms with van der Waals surface area (Å²) >= 11 is 0. The highest BCUT2D eigenvalue weighted by atomic mass is 16.6. The average molecular weight is 575 g/mol. The molecule has 2 aromatic heterocycles. The molecule has 0 fully saturated rings. The molecule has 6 rings (SSSR count). The van der Waals surface area contributed by atoms with E-state index in [0.717, 1.165) is 21.2 Å². The van der Waals surface area contributed by atoms with Gasteiger partial charge in [-0.3, -0.25) is 14.9 Å². The number of para-hydroxylation sites is 2. The van der Waals surface area contributed by atoms with Gasteiger partial charge in [-0.2, -0.15) is 9.78 Å². The molecule has 6 aromatic rings. The van der Waals surface area contributed by atoms with E-state index in [1.807, 2.05) is 55.5 Å². The molecule has 0 saturated heterocycles. The molecule has 0 atom stereocenters. The van der Waals surface area contributed by atoms with Crippen molar-refractivity contribution in [2.75, 3.05) is 6.61 Å². The maximum absolute atomic E-state index is 13.6. The number of fused-ring (bicyclic) bond motifs is 2. The van der Waals surface area contributed by atoms with E-state index in [4.69, 9.17) is 13.9 Å². The van der Waals surface area contributed by atoms with E-state index in [1.165, 1.54) is 12.3 Å². The third-order valence-electron chi connectivity index (χ3n) is 6.74. The molecule has 0 amide bonds. The highest BCUT2D eigenvalue weighted by Gasteiger charge is 2.23. The molecule has 2 heterocycles. The van der Waals surface area contributed by atoms with Crippen LogP contribution in [0, 0.1) is 17.0 Å². The summed E-state index contributed by atoms with van der Waals surface area (Å²) in [6, 6.07) is 26.8. The Bertz CT molecular complexity index is 2050. The summed E-state index contributed by atoms with van der Waals surface area (Å²) in [4.78, 5) is 29.9. The van der Waals surface area contributed by atoms with Crippen molar-refractivity contribution in [3.05, 3.63) is 128 Å². The van der Waals surface area contributed by atoms with E-state index in [2.05, 4.69) is 10.1 Å². The van der Waals surface area contributed by atoms with Gasteiger partial charge in [0.15, 0.2) is 11.5 Å². The van der Waals surface area contributed by atoms with Crippen LogP contribution in [0.25, 0.3) is 33.5 Å². The summed E-state index contributed by atoms with van der Waals surface area (Å²) in [6.45, 7) is 4.11. The lowest BCUT2D eigenvalue weighted by atomic mass is 10.1. The van der Waals surface area contributed by atoms with E-state index in [9.17, 15) is 14.9 Å². The summed E-state index contributed by atoms with van der Waals surface area (Å²) in [6.07, 6.45) is 1.35. The number of aromatic nitrogens is 2. The first-order valence-corrected chi connectivity index (χ1v) is 13.6. The van der Waals surface area contributed by atoms with Crippen molar-refractivity contribution in [1.82, 2.24) is 9.66 Å². The minimum absolute atomic E-state index is 0.0120. The highest BCUT2D eigenvalue weighted by Crippen LogP contribution is 2.39. The second-order valence-corrected chi connectivity index (χ2v) is 9.80. The molecule has 0 unspecified atom stereocenters. The molecule has 10 nitrogen and oxygen atoms in total. The number of nitrogens with zero attached hydrogens (tertiary/aromatic N) is 4. The van der Waals surface area contributed by atoms with Crippen LogP contribution in [0.4, 0.5) is 5.69 Å². The number of ether oxygens (including phenoxy) is 2. The molecule has 0 spiro atoms. The molecule has 0 saturated carbocycles. The van der Waals surface area contributed by atoms with Crippen LogP contribution in [0.5, 0.6) is 11.5 Å². The van der Waals surface area contributed by atoms with Gasteiger partial charge in [0.2, 0.25) is 11.6 Å². The quantitative estimate of drug-likeness (QED) is 0.105. The Labute approximate surface area is 245 Å². The lowest BCUT2D eigenvalue weighted by Crippen LogP contribution is -2.20. The zero-order valence-corrected chi connectivity index (χ0v) is 23.4. The fourth-order valence-electron chi connectivity index (χ4n) is 4.79. The van der Waals surface area contributed by atoms with E-state index in [1.54, 1.807) is 43.3 Å². The van der Waals surface area contributed by atoms with Crippen LogP contribution in [-0.2, 0) is 6.61 Å². The number of hydrogen-bond acceptors (Lipinski definition) is 8. The molecule has 214 valence electrons. The lowest BCUT2D eigenvalue weighted by molar-refractivity contribution is -0.386. The van der Waals surface area contributed by atoms with Gasteiger partial charge in [0.1, 0.15) is 12.2 Å². The van der Waals surface area contributed by atoms with Gasteiger partial charge < -0.3 is 13.9 Å². The van der Waals surface area contributed by atoms with Gasteiger partial charge >= 0.3 is 5.69 Å². The topological polar surface area (TPSA) is 122 Å². The van der Waals surface area contributed by atoms with E-state index >= 15 is 0 Å². The number of nitro groups is 1. The molecule has 10 heteroatoms. The van der Waals surface area contributed by atoms with Crippen LogP contribution in [0.1, 0.15) is 23.6 Å². The number of rotatable bonds is 9. The van der Waals surface area contributed by atoms with Gasteiger partial charge in [-0.15, -0.1) is 0 Å². The Morgan fingerprint density at radius 3 is 2.60 bits per heavy atom. The Kier molecular flexibility index (Phi) is 7.40. The molecule has 0 aliphatic carbocycles. The number of aryl methyl sites for hydroxylation is 1. The predicted octanol–water partition coefficient (Wildman–Crippen LogP) is 6.89. The van der Waals surface area contributed by atoms with Gasteiger partial charge in [0.25, 0.3) is 5.56 Å². The lowest BCUT2D eigenvalue weighted by Gasteiger charge is -2.13. The van der Waals surface area contributed by atoms with Gasteiger partial charge in [0, 0.05) is 17.0 Å². The smallest absolute Gasteiger partial charge is 0.315 e. The van der Waals surface area contributed by atoms with Crippen molar-refractivity contribution in [1.29, 1.82) is 0 Å². The molecule has 0 radical (unpaired) electrons. The monoisotopic (exact) mass is 574 g/mol. The van der Waals surface area contributed by atoms with E-state index in [0.29, 0.717) is 27.8 Å². The van der Waals surface area contributed by atoms with Crippen LogP contribution in [-0.4, -0.2) is 27.4 Å². The van der Waals surface area contributed by atoms with Crippen LogP contribution in [0.2, 0.25) is 0 Å². The summed E-state index contributed by atoms with van der Waals surface area (Å²) in [5.41, 5.74) is 2.65. The second kappa shape index (κ2) is 11.6. The van der Waals surface area contributed by atoms with Crippen molar-refractivity contribution in [3.8, 4) is 23.1 Å². The highest BCUT2D eigenvalue weighted by molar-refractivity contribution is 5.86. The van der Waals surface area contributed by atoms with Crippen LogP contribution in [0.15, 0.2) is 105 Å². The van der Waals surface area contributed by atoms with Gasteiger partial charge in [-0.1, -0.05) is 60.2 Å². The summed E-state index contributed by atoms with van der Waals surface area (Å²) in [5, 5.41) is 17.8. The van der Waals surface area contributed by atoms with Gasteiger partial charge in [0.05, 0.1) is 28.6 Å². The Hall–Kier alpha value is -5.77. The zero-order chi connectivity index (χ0) is 29.9. The number of benzene rings is 4. The summed E-state index contributed by atoms with van der Waals surface area (Å²) in [7, 11) is 0. The van der Waals surface area contributed by atoms with Crippen molar-refractivity contribution in [2.45, 2.75) is 20.5 Å². The molecular formula is C33H26N4O6. The van der Waals surface area contributed by atoms with Crippen LogP contribution in [0.3, 0.4) is 0 Å². The molecular weight excluding hydrogens is 548 g/mol. The molecule has 43 heavy (non-hydrogen) atoms. The van der Waals surface area contributed by atoms with Crippen molar-refractivity contribution < 1.29 is 18.8 Å². The summed E-state index contributed by atoms with van der Waals surface area (Å²) < 4.78 is 18.8. The van der Waals surface area contributed by atoms with Crippen molar-refractivity contribution >= 4 is 33.8 Å². The Morgan fingerprint density at radius 1 is 1.00 bits per heavy atom. The maximum atomic E-state index is 13.6. The van der Waals surface area contributed by atoms with Crippen LogP contribution < -0.4 is 15.0 Å². The SMILES string of the molecule is CCOc1cc(C=Nn2c(-c3cc4ccccc4o3)nc3ccccc3c2=O)cc([N+](=O)[O-])c1OCc1cccc(C)c1. The number of hydrogen-bond donors (Lipinski definition) is 0. The third-order valence-corrected chi connectivity index (χ3v) is 6.74. The molecule has 4 aromatic carbocycles. The maximum Gasteiger partial charge on any atom is 0.315 e. The first-order valence-electron chi connectivity index (χ1n) is 13.6. The fourth-order valence-corrected chi connectivity index (χ4v) is 4.79. The molecule has 0 aliphatic rings. The van der Waals surface area contributed by atoms with Gasteiger partial charge in [-0.25, -0.2) is 4.98 Å². The zero-order valence-electron chi connectivity index (χ0n) is 23.4. The van der Waals surface area contributed by atoms with E-state index in [-0.39, 0.29) is 36.2 Å². The molecule has 0 aliphatic heterocycles. The average Bonchev–Trinajstić information content (AvgIpc) is 3.44.